The molecule has 0 unspecified atom stereocenters. The summed E-state index contributed by atoms with van der Waals surface area (Å²) in [7, 11) is 3.06. The van der Waals surface area contributed by atoms with Crippen molar-refractivity contribution >= 4 is 34.4 Å². The minimum absolute atomic E-state index is 0.00684. The number of benzene rings is 4. The molecule has 0 saturated carbocycles. The van der Waals surface area contributed by atoms with Gasteiger partial charge in [-0.15, -0.1) is 0 Å². The highest BCUT2D eigenvalue weighted by molar-refractivity contribution is 6.31. The molecule has 2 amide bonds. The average molecular weight is 481 g/mol. The standard InChI is InChI=1S/C29H24N2O5/c1-34-25-16-19(15-24-28(32)30-31(29(24)33)22-12-4-3-5-13-22)17-26(35-2)27(25)36-18-21-11-8-10-20-9-6-7-14-23(20)21/h3-17H,18H2,1-2H3,(H,30,32)/b24-15-. The van der Waals surface area contributed by atoms with Gasteiger partial charge in [0.2, 0.25) is 5.75 Å². The van der Waals surface area contributed by atoms with Gasteiger partial charge >= 0.3 is 0 Å². The van der Waals surface area contributed by atoms with E-state index in [9.17, 15) is 9.59 Å². The summed E-state index contributed by atoms with van der Waals surface area (Å²) < 4.78 is 17.3. The number of anilines is 1. The van der Waals surface area contributed by atoms with E-state index in [4.69, 9.17) is 14.2 Å². The van der Waals surface area contributed by atoms with Crippen LogP contribution in [0.5, 0.6) is 17.2 Å². The number of nitrogens with one attached hydrogen (secondary N) is 1. The predicted molar refractivity (Wildman–Crippen MR) is 138 cm³/mol. The molecule has 7 nitrogen and oxygen atoms in total. The molecule has 0 atom stereocenters. The van der Waals surface area contributed by atoms with Crippen LogP contribution in [-0.2, 0) is 16.2 Å². The van der Waals surface area contributed by atoms with Crippen LogP contribution in [0.25, 0.3) is 16.8 Å². The molecule has 1 heterocycles. The molecule has 1 saturated heterocycles. The summed E-state index contributed by atoms with van der Waals surface area (Å²) in [5.74, 6) is 0.348. The van der Waals surface area contributed by atoms with E-state index >= 15 is 0 Å². The van der Waals surface area contributed by atoms with Gasteiger partial charge in [0.1, 0.15) is 12.2 Å². The molecule has 4 aromatic carbocycles. The molecular weight excluding hydrogens is 456 g/mol. The normalized spacial score (nSPS) is 14.3. The largest absolute Gasteiger partial charge is 0.493 e. The molecule has 4 aromatic rings. The van der Waals surface area contributed by atoms with E-state index < -0.39 is 11.8 Å². The van der Waals surface area contributed by atoms with E-state index in [0.29, 0.717) is 35.1 Å². The van der Waals surface area contributed by atoms with E-state index in [1.165, 1.54) is 25.3 Å². The van der Waals surface area contributed by atoms with Gasteiger partial charge < -0.3 is 14.2 Å². The van der Waals surface area contributed by atoms with Crippen LogP contribution in [0, 0.1) is 0 Å². The van der Waals surface area contributed by atoms with Crippen molar-refractivity contribution in [1.82, 2.24) is 5.43 Å². The molecule has 1 fully saturated rings. The predicted octanol–water partition coefficient (Wildman–Crippen LogP) is 4.90. The molecule has 1 aliphatic rings. The molecule has 5 rings (SSSR count). The van der Waals surface area contributed by atoms with E-state index in [2.05, 4.69) is 23.6 Å². The van der Waals surface area contributed by atoms with Crippen molar-refractivity contribution in [2.24, 2.45) is 0 Å². The van der Waals surface area contributed by atoms with Gasteiger partial charge in [-0.3, -0.25) is 15.0 Å². The first kappa shape index (κ1) is 23.0. The maximum Gasteiger partial charge on any atom is 0.282 e. The highest BCUT2D eigenvalue weighted by atomic mass is 16.5. The number of fused-ring (bicyclic) bond motifs is 1. The van der Waals surface area contributed by atoms with Crippen LogP contribution in [-0.4, -0.2) is 26.0 Å². The summed E-state index contributed by atoms with van der Waals surface area (Å²) in [6.45, 7) is 0.307. The molecular formula is C29H24N2O5. The lowest BCUT2D eigenvalue weighted by molar-refractivity contribution is -0.117. The topological polar surface area (TPSA) is 77.1 Å². The molecule has 0 radical (unpaired) electrons. The van der Waals surface area contributed by atoms with Crippen LogP contribution in [0.3, 0.4) is 0 Å². The fourth-order valence-electron chi connectivity index (χ4n) is 4.18. The van der Waals surface area contributed by atoms with Crippen molar-refractivity contribution in [2.45, 2.75) is 6.61 Å². The number of para-hydroxylation sites is 1. The Balaban J connectivity index is 1.44. The van der Waals surface area contributed by atoms with Crippen molar-refractivity contribution in [3.8, 4) is 17.2 Å². The van der Waals surface area contributed by atoms with E-state index in [-0.39, 0.29) is 5.57 Å². The zero-order valence-corrected chi connectivity index (χ0v) is 19.9. The molecule has 0 aromatic heterocycles. The van der Waals surface area contributed by atoms with Gasteiger partial charge in [0, 0.05) is 0 Å². The number of ether oxygens (including phenoxy) is 3. The highest BCUT2D eigenvalue weighted by Crippen LogP contribution is 2.40. The smallest absolute Gasteiger partial charge is 0.282 e. The van der Waals surface area contributed by atoms with Gasteiger partial charge in [0.25, 0.3) is 11.8 Å². The lowest BCUT2D eigenvalue weighted by atomic mass is 10.1. The van der Waals surface area contributed by atoms with Crippen LogP contribution in [0.2, 0.25) is 0 Å². The Morgan fingerprint density at radius 3 is 2.22 bits per heavy atom. The third-order valence-corrected chi connectivity index (χ3v) is 5.95. The van der Waals surface area contributed by atoms with Crippen molar-refractivity contribution in [3.05, 3.63) is 102 Å². The van der Waals surface area contributed by atoms with Gasteiger partial charge in [0.05, 0.1) is 19.9 Å². The molecule has 0 bridgehead atoms. The Bertz CT molecular complexity index is 1450. The molecule has 7 heteroatoms. The molecule has 1 aliphatic heterocycles. The summed E-state index contributed by atoms with van der Waals surface area (Å²) >= 11 is 0. The zero-order valence-electron chi connectivity index (χ0n) is 19.9. The second-order valence-electron chi connectivity index (χ2n) is 8.16. The monoisotopic (exact) mass is 480 g/mol. The van der Waals surface area contributed by atoms with E-state index in [1.54, 1.807) is 36.4 Å². The van der Waals surface area contributed by atoms with Crippen LogP contribution >= 0.6 is 0 Å². The highest BCUT2D eigenvalue weighted by Gasteiger charge is 2.34. The van der Waals surface area contributed by atoms with E-state index in [1.807, 2.05) is 30.3 Å². The summed E-state index contributed by atoms with van der Waals surface area (Å²) in [6.07, 6.45) is 1.51. The minimum Gasteiger partial charge on any atom is -0.493 e. The van der Waals surface area contributed by atoms with Gasteiger partial charge in [-0.1, -0.05) is 60.7 Å². The van der Waals surface area contributed by atoms with Gasteiger partial charge in [-0.2, -0.15) is 0 Å². The van der Waals surface area contributed by atoms with Gasteiger partial charge in [0.15, 0.2) is 11.5 Å². The van der Waals surface area contributed by atoms with Crippen molar-refractivity contribution < 1.29 is 23.8 Å². The summed E-state index contributed by atoms with van der Waals surface area (Å²) in [5, 5.41) is 3.46. The number of rotatable bonds is 7. The Labute approximate surface area is 208 Å². The maximum absolute atomic E-state index is 13.0. The molecule has 0 aliphatic carbocycles. The molecule has 180 valence electrons. The quantitative estimate of drug-likeness (QED) is 0.301. The number of nitrogens with zero attached hydrogens (tertiary/aromatic N) is 1. The Hall–Kier alpha value is -4.78. The zero-order chi connectivity index (χ0) is 25.1. The Morgan fingerprint density at radius 1 is 0.833 bits per heavy atom. The van der Waals surface area contributed by atoms with Crippen molar-refractivity contribution in [2.75, 3.05) is 19.2 Å². The number of hydrogen-bond donors (Lipinski definition) is 1. The maximum atomic E-state index is 13.0. The Morgan fingerprint density at radius 2 is 1.50 bits per heavy atom. The first-order valence-corrected chi connectivity index (χ1v) is 11.4. The van der Waals surface area contributed by atoms with Gasteiger partial charge in [-0.25, -0.2) is 5.01 Å². The first-order chi connectivity index (χ1) is 17.6. The number of carbonyl (C=O) groups is 2. The summed E-state index contributed by atoms with van der Waals surface area (Å²) in [4.78, 5) is 25.5. The lowest BCUT2D eigenvalue weighted by Crippen LogP contribution is -2.35. The lowest BCUT2D eigenvalue weighted by Gasteiger charge is -2.16. The van der Waals surface area contributed by atoms with Crippen LogP contribution in [0.4, 0.5) is 5.69 Å². The third kappa shape index (κ3) is 4.34. The first-order valence-electron chi connectivity index (χ1n) is 11.4. The third-order valence-electron chi connectivity index (χ3n) is 5.95. The van der Waals surface area contributed by atoms with Crippen LogP contribution in [0.15, 0.2) is 90.5 Å². The second-order valence-corrected chi connectivity index (χ2v) is 8.16. The van der Waals surface area contributed by atoms with Crippen molar-refractivity contribution in [3.63, 3.8) is 0 Å². The van der Waals surface area contributed by atoms with Crippen molar-refractivity contribution in [1.29, 1.82) is 0 Å². The van der Waals surface area contributed by atoms with Crippen LogP contribution < -0.4 is 24.6 Å². The second kappa shape index (κ2) is 9.84. The average Bonchev–Trinajstić information content (AvgIpc) is 3.20. The number of hydrogen-bond acceptors (Lipinski definition) is 5. The fourth-order valence-corrected chi connectivity index (χ4v) is 4.18. The molecule has 1 N–H and O–H groups in total. The van der Waals surface area contributed by atoms with Crippen LogP contribution in [0.1, 0.15) is 11.1 Å². The fraction of sp³-hybridized carbons (Fsp3) is 0.103. The summed E-state index contributed by atoms with van der Waals surface area (Å²) in [6, 6.07) is 26.5. The molecule has 0 spiro atoms. The number of amides is 2. The Kier molecular flexibility index (Phi) is 6.28. The SMILES string of the molecule is COc1cc(/C=C2/C(=O)NN(c3ccccc3)C2=O)cc(OC)c1OCc1cccc2ccccc12. The summed E-state index contributed by atoms with van der Waals surface area (Å²) in [5.41, 5.74) is 4.77. The van der Waals surface area contributed by atoms with E-state index in [0.717, 1.165) is 16.3 Å². The van der Waals surface area contributed by atoms with Gasteiger partial charge in [-0.05, 0) is 52.2 Å². The number of methoxy groups -OCH3 is 2. The number of carbonyl (C=O) groups excluding carboxylic acids is 2. The molecule has 36 heavy (non-hydrogen) atoms. The minimum atomic E-state index is -0.488. The number of hydrazine groups is 1.